The Labute approximate surface area is 153 Å². The lowest BCUT2D eigenvalue weighted by Gasteiger charge is -2.28. The minimum atomic E-state index is 0.0590. The van der Waals surface area contributed by atoms with E-state index in [9.17, 15) is 4.79 Å². The summed E-state index contributed by atoms with van der Waals surface area (Å²) in [4.78, 5) is 22.6. The van der Waals surface area contributed by atoms with Crippen molar-refractivity contribution in [2.75, 3.05) is 0 Å². The van der Waals surface area contributed by atoms with E-state index in [-0.39, 0.29) is 11.7 Å². The molecular weight excluding hydrogens is 326 g/mol. The fourth-order valence-electron chi connectivity index (χ4n) is 5.00. The Morgan fingerprint density at radius 1 is 1.23 bits per heavy atom. The van der Waals surface area contributed by atoms with Crippen molar-refractivity contribution < 1.29 is 4.74 Å². The van der Waals surface area contributed by atoms with E-state index in [0.717, 1.165) is 48.6 Å². The zero-order valence-electron chi connectivity index (χ0n) is 15.4. The van der Waals surface area contributed by atoms with Gasteiger partial charge >= 0.3 is 0 Å². The summed E-state index contributed by atoms with van der Waals surface area (Å²) in [7, 11) is 0. The summed E-state index contributed by atoms with van der Waals surface area (Å²) in [6, 6.07) is 7.56. The maximum absolute atomic E-state index is 12.4. The lowest BCUT2D eigenvalue weighted by molar-refractivity contribution is 0.187. The van der Waals surface area contributed by atoms with E-state index in [4.69, 9.17) is 4.74 Å². The van der Waals surface area contributed by atoms with Gasteiger partial charge in [-0.1, -0.05) is 12.1 Å². The van der Waals surface area contributed by atoms with E-state index in [1.807, 2.05) is 6.92 Å². The zero-order chi connectivity index (χ0) is 17.8. The number of nitrogens with one attached hydrogen (secondary N) is 1. The Hall–Kier alpha value is -2.14. The lowest BCUT2D eigenvalue weighted by Crippen LogP contribution is -2.36. The van der Waals surface area contributed by atoms with Crippen molar-refractivity contribution in [3.63, 3.8) is 0 Å². The highest BCUT2D eigenvalue weighted by Gasteiger charge is 2.38. The van der Waals surface area contributed by atoms with Crippen LogP contribution in [0, 0.1) is 6.92 Å². The topological polar surface area (TPSA) is 58.2 Å². The molecule has 5 nitrogen and oxygen atoms in total. The molecule has 0 saturated carbocycles. The van der Waals surface area contributed by atoms with Crippen LogP contribution in [0.15, 0.2) is 23.0 Å². The van der Waals surface area contributed by atoms with Gasteiger partial charge in [-0.25, -0.2) is 4.98 Å². The van der Waals surface area contributed by atoms with Crippen LogP contribution >= 0.6 is 0 Å². The van der Waals surface area contributed by atoms with Crippen LogP contribution in [-0.2, 0) is 25.8 Å². The summed E-state index contributed by atoms with van der Waals surface area (Å²) in [6.07, 6.45) is 5.36. The number of aromatic nitrogens is 2. The molecular formula is C21H25N3O2. The van der Waals surface area contributed by atoms with Crippen LogP contribution in [0.2, 0.25) is 0 Å². The molecule has 3 aliphatic heterocycles. The quantitative estimate of drug-likeness (QED) is 0.903. The summed E-state index contributed by atoms with van der Waals surface area (Å²) in [5.41, 5.74) is 4.66. The first-order chi connectivity index (χ1) is 12.6. The number of rotatable bonds is 2. The summed E-state index contributed by atoms with van der Waals surface area (Å²) in [5.74, 6) is 1.77. The van der Waals surface area contributed by atoms with E-state index < -0.39 is 0 Å². The maximum atomic E-state index is 12.4. The molecule has 0 spiro atoms. The number of aryl methyl sites for hydroxylation is 1. The highest BCUT2D eigenvalue weighted by atomic mass is 16.5. The number of benzene rings is 1. The molecule has 0 radical (unpaired) electrons. The second-order valence-electron chi connectivity index (χ2n) is 8.12. The number of aromatic amines is 1. The van der Waals surface area contributed by atoms with Crippen LogP contribution in [0.1, 0.15) is 48.0 Å². The molecule has 3 unspecified atom stereocenters. The largest absolute Gasteiger partial charge is 0.490 e. The number of nitrogens with zero attached hydrogens (tertiary/aromatic N) is 2. The van der Waals surface area contributed by atoms with Crippen molar-refractivity contribution in [1.82, 2.24) is 14.9 Å². The van der Waals surface area contributed by atoms with E-state index in [1.165, 1.54) is 24.0 Å². The number of fused-ring (bicyclic) bond motifs is 4. The van der Waals surface area contributed by atoms with E-state index in [0.29, 0.717) is 12.1 Å². The fraction of sp³-hybridized carbons (Fsp3) is 0.524. The van der Waals surface area contributed by atoms with Crippen LogP contribution < -0.4 is 10.3 Å². The predicted octanol–water partition coefficient (Wildman–Crippen LogP) is 2.53. The predicted molar refractivity (Wildman–Crippen MR) is 99.6 cm³/mol. The van der Waals surface area contributed by atoms with Crippen molar-refractivity contribution in [2.24, 2.45) is 0 Å². The van der Waals surface area contributed by atoms with Crippen molar-refractivity contribution in [3.8, 4) is 5.75 Å². The number of ether oxygens (including phenoxy) is 1. The third-order valence-corrected chi connectivity index (χ3v) is 6.18. The van der Waals surface area contributed by atoms with Gasteiger partial charge in [0.05, 0.1) is 5.69 Å². The standard InChI is InChI=1S/C21H25N3O2/c1-12-7-15-8-14(3-6-20(15)26-12)11-24-16-4-5-17(24)10-19-18(9-16)21(25)23-13(2)22-19/h3,6,8,12,16-17H,4-5,7,9-11H2,1-2H3,(H,22,23,25). The SMILES string of the molecule is Cc1nc2c(c(=O)[nH]1)CC1CCC(C2)N1Cc1ccc2c(c1)CC(C)O2. The minimum Gasteiger partial charge on any atom is -0.490 e. The van der Waals surface area contributed by atoms with Crippen LogP contribution in [0.4, 0.5) is 0 Å². The number of hydrogen-bond acceptors (Lipinski definition) is 4. The van der Waals surface area contributed by atoms with Gasteiger partial charge in [0, 0.05) is 37.0 Å². The monoisotopic (exact) mass is 351 g/mol. The Morgan fingerprint density at radius 3 is 2.88 bits per heavy atom. The average molecular weight is 351 g/mol. The van der Waals surface area contributed by atoms with Gasteiger partial charge in [-0.3, -0.25) is 9.69 Å². The molecule has 136 valence electrons. The van der Waals surface area contributed by atoms with Crippen molar-refractivity contribution in [1.29, 1.82) is 0 Å². The molecule has 2 bridgehead atoms. The fourth-order valence-corrected chi connectivity index (χ4v) is 5.00. The molecule has 1 fully saturated rings. The van der Waals surface area contributed by atoms with Crippen LogP contribution in [0.5, 0.6) is 5.75 Å². The van der Waals surface area contributed by atoms with E-state index >= 15 is 0 Å². The molecule has 0 amide bonds. The van der Waals surface area contributed by atoms with Gasteiger partial charge in [-0.05, 0) is 50.3 Å². The van der Waals surface area contributed by atoms with Gasteiger partial charge in [0.15, 0.2) is 0 Å². The maximum Gasteiger partial charge on any atom is 0.254 e. The molecule has 26 heavy (non-hydrogen) atoms. The summed E-state index contributed by atoms with van der Waals surface area (Å²) >= 11 is 0. The van der Waals surface area contributed by atoms with Gasteiger partial charge in [0.1, 0.15) is 17.7 Å². The van der Waals surface area contributed by atoms with E-state index in [2.05, 4.69) is 40.0 Å². The zero-order valence-corrected chi connectivity index (χ0v) is 15.4. The molecule has 5 rings (SSSR count). The first-order valence-corrected chi connectivity index (χ1v) is 9.69. The molecule has 3 atom stereocenters. The average Bonchev–Trinajstić information content (AvgIpc) is 3.07. The van der Waals surface area contributed by atoms with Gasteiger partial charge in [0.25, 0.3) is 5.56 Å². The van der Waals surface area contributed by atoms with Crippen molar-refractivity contribution in [2.45, 2.75) is 70.7 Å². The van der Waals surface area contributed by atoms with Crippen LogP contribution in [0.25, 0.3) is 0 Å². The second kappa shape index (κ2) is 5.95. The molecule has 4 heterocycles. The molecule has 0 aliphatic carbocycles. The number of hydrogen-bond donors (Lipinski definition) is 1. The molecule has 1 aromatic heterocycles. The van der Waals surface area contributed by atoms with E-state index in [1.54, 1.807) is 0 Å². The molecule has 2 aromatic rings. The Kier molecular flexibility index (Phi) is 3.67. The normalized spacial score (nSPS) is 26.9. The highest BCUT2D eigenvalue weighted by molar-refractivity contribution is 5.40. The summed E-state index contributed by atoms with van der Waals surface area (Å²) in [5, 5.41) is 0. The third kappa shape index (κ3) is 2.65. The van der Waals surface area contributed by atoms with Crippen molar-refractivity contribution >= 4 is 0 Å². The first kappa shape index (κ1) is 16.1. The molecule has 5 heteroatoms. The lowest BCUT2D eigenvalue weighted by atomic mass is 9.98. The molecule has 1 N–H and O–H groups in total. The number of H-pyrrole nitrogens is 1. The smallest absolute Gasteiger partial charge is 0.254 e. The minimum absolute atomic E-state index is 0.0590. The third-order valence-electron chi connectivity index (χ3n) is 6.18. The van der Waals surface area contributed by atoms with Gasteiger partial charge in [-0.15, -0.1) is 0 Å². The summed E-state index contributed by atoms with van der Waals surface area (Å²) < 4.78 is 5.83. The molecule has 1 aromatic carbocycles. The van der Waals surface area contributed by atoms with Crippen molar-refractivity contribution in [3.05, 3.63) is 56.8 Å². The Bertz CT molecular complexity index is 920. The Morgan fingerprint density at radius 2 is 2.04 bits per heavy atom. The highest BCUT2D eigenvalue weighted by Crippen LogP contribution is 2.35. The Balaban J connectivity index is 1.42. The second-order valence-corrected chi connectivity index (χ2v) is 8.12. The molecule has 1 saturated heterocycles. The van der Waals surface area contributed by atoms with Crippen LogP contribution in [0.3, 0.4) is 0 Å². The van der Waals surface area contributed by atoms with Gasteiger partial charge in [0.2, 0.25) is 0 Å². The first-order valence-electron chi connectivity index (χ1n) is 9.69. The summed E-state index contributed by atoms with van der Waals surface area (Å²) in [6.45, 7) is 4.94. The molecule has 3 aliphatic rings. The van der Waals surface area contributed by atoms with Gasteiger partial charge < -0.3 is 9.72 Å². The van der Waals surface area contributed by atoms with Gasteiger partial charge in [-0.2, -0.15) is 0 Å². The van der Waals surface area contributed by atoms with Crippen LogP contribution in [-0.4, -0.2) is 33.1 Å².